The van der Waals surface area contributed by atoms with Crippen LogP contribution in [0.4, 0.5) is 0 Å². The summed E-state index contributed by atoms with van der Waals surface area (Å²) in [6, 6.07) is 7.53. The van der Waals surface area contributed by atoms with Gasteiger partial charge in [0, 0.05) is 5.34 Å². The quantitative estimate of drug-likeness (QED) is 0.526. The fraction of sp³-hybridized carbons (Fsp3) is 0.364. The van der Waals surface area contributed by atoms with Crippen molar-refractivity contribution in [3.05, 3.63) is 24.3 Å². The molecule has 2 aliphatic heterocycles. The van der Waals surface area contributed by atoms with Crippen LogP contribution in [0, 0.1) is 0 Å². The molecule has 0 fully saturated rings. The first kappa shape index (κ1) is 12.5. The SMILES string of the molecule is BC1(B)N=C(C2COc3ccccc3O2)NC1(B)O. The largest absolute Gasteiger partial charge is 0.485 e. The van der Waals surface area contributed by atoms with E-state index in [9.17, 15) is 5.11 Å². The van der Waals surface area contributed by atoms with E-state index in [2.05, 4.69) is 10.3 Å². The minimum Gasteiger partial charge on any atom is -0.485 e. The molecule has 0 bridgehead atoms. The first-order chi connectivity index (χ1) is 8.89. The molecule has 19 heavy (non-hydrogen) atoms. The van der Waals surface area contributed by atoms with E-state index in [4.69, 9.17) is 9.47 Å². The number of ether oxygens (including phenoxy) is 2. The van der Waals surface area contributed by atoms with Gasteiger partial charge in [0.15, 0.2) is 25.4 Å². The Morgan fingerprint density at radius 3 is 2.58 bits per heavy atom. The molecule has 2 aliphatic rings. The Morgan fingerprint density at radius 1 is 1.26 bits per heavy atom. The maximum atomic E-state index is 10.3. The molecule has 2 unspecified atom stereocenters. The molecular formula is C11H15B3N2O3. The highest BCUT2D eigenvalue weighted by molar-refractivity contribution is 6.46. The van der Waals surface area contributed by atoms with Gasteiger partial charge in [-0.25, -0.2) is 0 Å². The van der Waals surface area contributed by atoms with E-state index in [0.29, 0.717) is 18.2 Å². The Balaban J connectivity index is 1.84. The summed E-state index contributed by atoms with van der Waals surface area (Å²) in [5.74, 6) is 2.07. The number of benzene rings is 1. The topological polar surface area (TPSA) is 63.1 Å². The van der Waals surface area contributed by atoms with Crippen LogP contribution in [0.15, 0.2) is 29.3 Å². The lowest BCUT2D eigenvalue weighted by molar-refractivity contribution is 0.0997. The highest BCUT2D eigenvalue weighted by Gasteiger charge is 2.46. The van der Waals surface area contributed by atoms with Crippen LogP contribution in [0.1, 0.15) is 0 Å². The first-order valence-electron chi connectivity index (χ1n) is 6.38. The van der Waals surface area contributed by atoms with Crippen LogP contribution in [0.5, 0.6) is 11.5 Å². The smallest absolute Gasteiger partial charge is 0.189 e. The van der Waals surface area contributed by atoms with E-state index in [0.717, 1.165) is 5.75 Å². The zero-order valence-electron chi connectivity index (χ0n) is 11.3. The van der Waals surface area contributed by atoms with Crippen molar-refractivity contribution in [1.82, 2.24) is 5.32 Å². The van der Waals surface area contributed by atoms with Gasteiger partial charge in [-0.2, -0.15) is 0 Å². The number of rotatable bonds is 1. The Hall–Kier alpha value is -1.56. The zero-order chi connectivity index (χ0) is 13.7. The molecule has 96 valence electrons. The van der Waals surface area contributed by atoms with Crippen molar-refractivity contribution in [3.8, 4) is 11.5 Å². The third kappa shape index (κ3) is 2.00. The van der Waals surface area contributed by atoms with Gasteiger partial charge in [0.05, 0.1) is 0 Å². The van der Waals surface area contributed by atoms with Crippen LogP contribution in [0.25, 0.3) is 0 Å². The lowest BCUT2D eigenvalue weighted by atomic mass is 9.51. The molecule has 1 aromatic carbocycles. The minimum absolute atomic E-state index is 0.317. The second kappa shape index (κ2) is 3.97. The van der Waals surface area contributed by atoms with Crippen molar-refractivity contribution >= 4 is 29.4 Å². The molecule has 1 aromatic rings. The Bertz CT molecular complexity index is 548. The molecular weight excluding hydrogens is 241 g/mol. The minimum atomic E-state index is -1.08. The first-order valence-corrected chi connectivity index (χ1v) is 6.38. The molecule has 0 aromatic heterocycles. The Kier molecular flexibility index (Phi) is 2.61. The molecule has 2 heterocycles. The molecule has 0 aliphatic carbocycles. The zero-order valence-corrected chi connectivity index (χ0v) is 11.3. The maximum absolute atomic E-state index is 10.3. The number of para-hydroxylation sites is 2. The van der Waals surface area contributed by atoms with Crippen molar-refractivity contribution < 1.29 is 14.6 Å². The van der Waals surface area contributed by atoms with E-state index < -0.39 is 11.0 Å². The van der Waals surface area contributed by atoms with Gasteiger partial charge in [0.2, 0.25) is 0 Å². The predicted octanol–water partition coefficient (Wildman–Crippen LogP) is -2.97. The van der Waals surface area contributed by atoms with Gasteiger partial charge in [-0.05, 0) is 12.1 Å². The number of hydrogen-bond acceptors (Lipinski definition) is 5. The molecule has 0 saturated carbocycles. The second-order valence-electron chi connectivity index (χ2n) is 5.62. The molecule has 2 atom stereocenters. The van der Waals surface area contributed by atoms with Crippen molar-refractivity contribution in [2.45, 2.75) is 17.1 Å². The number of hydrogen-bond donors (Lipinski definition) is 2. The summed E-state index contributed by atoms with van der Waals surface area (Å²) < 4.78 is 11.5. The second-order valence-corrected chi connectivity index (χ2v) is 5.62. The van der Waals surface area contributed by atoms with Crippen molar-refractivity contribution in [2.75, 3.05) is 6.61 Å². The number of aliphatic imine (C=N–C) groups is 1. The monoisotopic (exact) mass is 256 g/mol. The Morgan fingerprint density at radius 2 is 1.95 bits per heavy atom. The van der Waals surface area contributed by atoms with Crippen LogP contribution in [-0.2, 0) is 0 Å². The number of amidine groups is 1. The van der Waals surface area contributed by atoms with Crippen LogP contribution < -0.4 is 14.8 Å². The molecule has 0 radical (unpaired) electrons. The van der Waals surface area contributed by atoms with Crippen LogP contribution in [0.2, 0.25) is 0 Å². The molecule has 2 N–H and O–H groups in total. The summed E-state index contributed by atoms with van der Waals surface area (Å²) in [5, 5.41) is 12.7. The molecule has 8 heteroatoms. The third-order valence-corrected chi connectivity index (χ3v) is 3.78. The van der Waals surface area contributed by atoms with E-state index in [1.54, 1.807) is 7.85 Å². The summed E-state index contributed by atoms with van der Waals surface area (Å²) in [6.07, 6.45) is -0.317. The lowest BCUT2D eigenvalue weighted by Gasteiger charge is -2.32. The summed E-state index contributed by atoms with van der Waals surface area (Å²) in [4.78, 5) is 4.52. The normalized spacial score (nSPS) is 31.4. The molecule has 0 saturated heterocycles. The number of fused-ring (bicyclic) bond motifs is 1. The number of nitrogens with one attached hydrogen (secondary N) is 1. The summed E-state index contributed by atoms with van der Waals surface area (Å²) in [7, 11) is 5.47. The van der Waals surface area contributed by atoms with Crippen LogP contribution in [0.3, 0.4) is 0 Å². The van der Waals surface area contributed by atoms with Gasteiger partial charge < -0.3 is 19.9 Å². The fourth-order valence-corrected chi connectivity index (χ4v) is 2.15. The summed E-state index contributed by atoms with van der Waals surface area (Å²) in [6.45, 7) is 0.384. The molecule has 3 rings (SSSR count). The highest BCUT2D eigenvalue weighted by atomic mass is 16.6. The van der Waals surface area contributed by atoms with E-state index >= 15 is 0 Å². The number of nitrogens with zero attached hydrogens (tertiary/aromatic N) is 1. The van der Waals surface area contributed by atoms with Gasteiger partial charge in [-0.3, -0.25) is 4.99 Å². The maximum Gasteiger partial charge on any atom is 0.189 e. The van der Waals surface area contributed by atoms with Gasteiger partial charge >= 0.3 is 0 Å². The van der Waals surface area contributed by atoms with E-state index in [-0.39, 0.29) is 6.10 Å². The third-order valence-electron chi connectivity index (χ3n) is 3.78. The summed E-state index contributed by atoms with van der Waals surface area (Å²) >= 11 is 0. The van der Waals surface area contributed by atoms with Crippen molar-refractivity contribution in [2.24, 2.45) is 4.99 Å². The fourth-order valence-electron chi connectivity index (χ4n) is 2.15. The van der Waals surface area contributed by atoms with Gasteiger partial charge in [-0.1, -0.05) is 12.1 Å². The Labute approximate surface area is 114 Å². The standard InChI is InChI=1S/C11H15B3N2O3/c12-10(13)11(14,17)16-9(15-10)8-5-18-6-3-1-2-4-7(6)19-8/h1-4,8,17H,5,12-14H2,(H,15,16). The average Bonchev–Trinajstić information content (AvgIpc) is 2.58. The highest BCUT2D eigenvalue weighted by Crippen LogP contribution is 2.32. The van der Waals surface area contributed by atoms with Crippen LogP contribution >= 0.6 is 0 Å². The van der Waals surface area contributed by atoms with Crippen LogP contribution in [-0.4, -0.2) is 58.2 Å². The molecule has 0 spiro atoms. The lowest BCUT2D eigenvalue weighted by Crippen LogP contribution is -2.61. The van der Waals surface area contributed by atoms with Gasteiger partial charge in [-0.15, -0.1) is 0 Å². The molecule has 0 amide bonds. The van der Waals surface area contributed by atoms with Gasteiger partial charge in [0.25, 0.3) is 0 Å². The number of aliphatic hydroxyl groups is 1. The van der Waals surface area contributed by atoms with Crippen molar-refractivity contribution in [1.29, 1.82) is 0 Å². The van der Waals surface area contributed by atoms with E-state index in [1.165, 1.54) is 0 Å². The van der Waals surface area contributed by atoms with E-state index in [1.807, 2.05) is 40.0 Å². The summed E-state index contributed by atoms with van der Waals surface area (Å²) in [5.41, 5.74) is -1.08. The predicted molar refractivity (Wildman–Crippen MR) is 80.2 cm³/mol. The van der Waals surface area contributed by atoms with Gasteiger partial charge in [0.1, 0.15) is 33.8 Å². The van der Waals surface area contributed by atoms with Crippen molar-refractivity contribution in [3.63, 3.8) is 0 Å². The average molecular weight is 256 g/mol. The molecule has 5 nitrogen and oxygen atoms in total.